The number of benzene rings is 2. The predicted molar refractivity (Wildman–Crippen MR) is 72.4 cm³/mol. The van der Waals surface area contributed by atoms with E-state index < -0.39 is 5.82 Å². The number of hydrogen-bond donors (Lipinski definition) is 0. The monoisotopic (exact) mass is 272 g/mol. The lowest BCUT2D eigenvalue weighted by Crippen LogP contribution is -2.14. The van der Waals surface area contributed by atoms with E-state index in [0.29, 0.717) is 6.29 Å². The van der Waals surface area contributed by atoms with Gasteiger partial charge in [0.15, 0.2) is 5.78 Å². The zero-order valence-corrected chi connectivity index (χ0v) is 10.7. The molecule has 0 N–H and O–H groups in total. The first kappa shape index (κ1) is 13.9. The van der Waals surface area contributed by atoms with Gasteiger partial charge in [0.25, 0.3) is 0 Å². The summed E-state index contributed by atoms with van der Waals surface area (Å²) in [5, 5.41) is 0. The maximum absolute atomic E-state index is 13.2. The summed E-state index contributed by atoms with van der Waals surface area (Å²) in [5.74, 6) is -0.512. The van der Waals surface area contributed by atoms with Gasteiger partial charge in [-0.3, -0.25) is 9.59 Å². The molecule has 0 spiro atoms. The minimum atomic E-state index is -0.569. The van der Waals surface area contributed by atoms with Gasteiger partial charge in [-0.25, -0.2) is 4.39 Å². The molecule has 0 saturated carbocycles. The summed E-state index contributed by atoms with van der Waals surface area (Å²) in [7, 11) is 0. The Morgan fingerprint density at radius 2 is 1.90 bits per heavy atom. The minimum Gasteiger partial charge on any atom is -0.486 e. The fourth-order valence-electron chi connectivity index (χ4n) is 1.77. The molecule has 0 unspecified atom stereocenters. The molecule has 0 aliphatic carbocycles. The lowest BCUT2D eigenvalue weighted by atomic mass is 10.1. The summed E-state index contributed by atoms with van der Waals surface area (Å²) in [4.78, 5) is 22.3. The van der Waals surface area contributed by atoms with E-state index >= 15 is 0 Å². The van der Waals surface area contributed by atoms with E-state index in [1.165, 1.54) is 6.07 Å². The Hall–Kier alpha value is -2.49. The van der Waals surface area contributed by atoms with E-state index in [1.54, 1.807) is 0 Å². The van der Waals surface area contributed by atoms with E-state index in [4.69, 9.17) is 4.74 Å². The van der Waals surface area contributed by atoms with Crippen molar-refractivity contribution in [1.29, 1.82) is 0 Å². The van der Waals surface area contributed by atoms with Gasteiger partial charge in [0.05, 0.1) is 0 Å². The van der Waals surface area contributed by atoms with E-state index in [-0.39, 0.29) is 30.1 Å². The maximum Gasteiger partial charge on any atom is 0.174 e. The Morgan fingerprint density at radius 3 is 2.60 bits per heavy atom. The molecule has 0 atom stereocenters. The average Bonchev–Trinajstić information content (AvgIpc) is 2.45. The summed E-state index contributed by atoms with van der Waals surface area (Å²) in [6, 6.07) is 12.9. The molecule has 0 heterocycles. The number of carbonyl (C=O) groups excluding carboxylic acids is 2. The zero-order valence-electron chi connectivity index (χ0n) is 10.7. The molecule has 0 aliphatic rings. The normalized spacial score (nSPS) is 10.1. The number of carbonyl (C=O) groups is 2. The Balaban J connectivity index is 1.93. The van der Waals surface area contributed by atoms with Crippen molar-refractivity contribution >= 4 is 12.1 Å². The minimum absolute atomic E-state index is 0.117. The molecule has 0 saturated heterocycles. The summed E-state index contributed by atoms with van der Waals surface area (Å²) < 4.78 is 18.4. The molecule has 20 heavy (non-hydrogen) atoms. The van der Waals surface area contributed by atoms with Crippen molar-refractivity contribution in [3.8, 4) is 5.75 Å². The lowest BCUT2D eigenvalue weighted by molar-refractivity contribution is -0.120. The van der Waals surface area contributed by atoms with Crippen LogP contribution in [-0.2, 0) is 11.2 Å². The highest BCUT2D eigenvalue weighted by Gasteiger charge is 2.06. The molecule has 0 bridgehead atoms. The smallest absolute Gasteiger partial charge is 0.174 e. The van der Waals surface area contributed by atoms with Crippen LogP contribution in [0.2, 0.25) is 0 Å². The molecule has 0 aromatic heterocycles. The molecule has 2 aromatic rings. The number of ether oxygens (including phenoxy) is 1. The van der Waals surface area contributed by atoms with Crippen molar-refractivity contribution in [2.24, 2.45) is 0 Å². The van der Waals surface area contributed by atoms with Crippen molar-refractivity contribution in [3.63, 3.8) is 0 Å². The number of Topliss-reactive ketones (excluding diaryl/α,β-unsaturated/α-hetero) is 1. The Labute approximate surface area is 116 Å². The van der Waals surface area contributed by atoms with Crippen LogP contribution in [0.25, 0.3) is 0 Å². The molecule has 0 aliphatic heterocycles. The fourth-order valence-corrected chi connectivity index (χ4v) is 1.77. The van der Waals surface area contributed by atoms with Crippen LogP contribution < -0.4 is 4.74 Å². The second-order valence-corrected chi connectivity index (χ2v) is 4.33. The van der Waals surface area contributed by atoms with E-state index in [2.05, 4.69) is 0 Å². The zero-order chi connectivity index (χ0) is 14.4. The predicted octanol–water partition coefficient (Wildman–Crippen LogP) is 2.83. The van der Waals surface area contributed by atoms with Gasteiger partial charge in [-0.2, -0.15) is 0 Å². The van der Waals surface area contributed by atoms with Crippen LogP contribution in [-0.4, -0.2) is 18.7 Å². The molecule has 102 valence electrons. The first-order chi connectivity index (χ1) is 9.67. The van der Waals surface area contributed by atoms with Crippen molar-refractivity contribution < 1.29 is 18.7 Å². The van der Waals surface area contributed by atoms with Gasteiger partial charge in [-0.15, -0.1) is 0 Å². The molecular formula is C16H13FO3. The van der Waals surface area contributed by atoms with E-state index in [9.17, 15) is 14.0 Å². The maximum atomic E-state index is 13.2. The van der Waals surface area contributed by atoms with Crippen molar-refractivity contribution in [1.82, 2.24) is 0 Å². The highest BCUT2D eigenvalue weighted by Crippen LogP contribution is 2.15. The summed E-state index contributed by atoms with van der Waals surface area (Å²) in [6.07, 6.45) is 0.790. The first-order valence-electron chi connectivity index (χ1n) is 6.11. The number of hydrogen-bond acceptors (Lipinski definition) is 3. The van der Waals surface area contributed by atoms with E-state index in [1.807, 2.05) is 30.3 Å². The van der Waals surface area contributed by atoms with Crippen LogP contribution in [0.4, 0.5) is 4.39 Å². The third-order valence-electron chi connectivity index (χ3n) is 2.67. The van der Waals surface area contributed by atoms with Crippen LogP contribution in [0, 0.1) is 5.82 Å². The molecule has 3 nitrogen and oxygen atoms in total. The van der Waals surface area contributed by atoms with Gasteiger partial charge in [-0.05, 0) is 17.7 Å². The Morgan fingerprint density at radius 1 is 1.15 bits per heavy atom. The lowest BCUT2D eigenvalue weighted by Gasteiger charge is -2.06. The van der Waals surface area contributed by atoms with Crippen LogP contribution in [0.1, 0.15) is 15.9 Å². The molecule has 4 heteroatoms. The largest absolute Gasteiger partial charge is 0.486 e. The molecular weight excluding hydrogens is 259 g/mol. The van der Waals surface area contributed by atoms with Crippen molar-refractivity contribution in [2.45, 2.75) is 6.42 Å². The summed E-state index contributed by atoms with van der Waals surface area (Å²) in [6.45, 7) is -0.156. The van der Waals surface area contributed by atoms with E-state index in [0.717, 1.165) is 17.7 Å². The molecule has 2 aromatic carbocycles. The van der Waals surface area contributed by atoms with Crippen LogP contribution in [0.15, 0.2) is 48.5 Å². The summed E-state index contributed by atoms with van der Waals surface area (Å²) >= 11 is 0. The van der Waals surface area contributed by atoms with Gasteiger partial charge < -0.3 is 4.74 Å². The molecule has 0 fully saturated rings. The van der Waals surface area contributed by atoms with Gasteiger partial charge in [0.1, 0.15) is 24.5 Å². The second kappa shape index (κ2) is 6.61. The first-order valence-corrected chi connectivity index (χ1v) is 6.11. The third kappa shape index (κ3) is 4.02. The standard InChI is InChI=1S/C16H13FO3/c17-14-6-13(10-18)8-16(9-14)20-11-15(19)7-12-4-2-1-3-5-12/h1-6,8-10H,7,11H2. The Kier molecular flexibility index (Phi) is 4.60. The second-order valence-electron chi connectivity index (χ2n) is 4.33. The van der Waals surface area contributed by atoms with Gasteiger partial charge in [-0.1, -0.05) is 30.3 Å². The van der Waals surface area contributed by atoms with Gasteiger partial charge in [0.2, 0.25) is 0 Å². The third-order valence-corrected chi connectivity index (χ3v) is 2.67. The number of ketones is 1. The van der Waals surface area contributed by atoms with Crippen molar-refractivity contribution in [3.05, 3.63) is 65.5 Å². The number of aldehydes is 1. The topological polar surface area (TPSA) is 43.4 Å². The number of rotatable bonds is 6. The van der Waals surface area contributed by atoms with Crippen LogP contribution in [0.3, 0.4) is 0 Å². The summed E-state index contributed by atoms with van der Waals surface area (Å²) in [5.41, 5.74) is 1.07. The molecule has 2 rings (SSSR count). The number of halogens is 1. The SMILES string of the molecule is O=Cc1cc(F)cc(OCC(=O)Cc2ccccc2)c1. The van der Waals surface area contributed by atoms with Crippen LogP contribution in [0.5, 0.6) is 5.75 Å². The highest BCUT2D eigenvalue weighted by molar-refractivity contribution is 5.82. The van der Waals surface area contributed by atoms with Crippen molar-refractivity contribution in [2.75, 3.05) is 6.61 Å². The fraction of sp³-hybridized carbons (Fsp3) is 0.125. The van der Waals surface area contributed by atoms with Crippen LogP contribution >= 0.6 is 0 Å². The quantitative estimate of drug-likeness (QED) is 0.759. The molecule has 0 amide bonds. The highest BCUT2D eigenvalue weighted by atomic mass is 19.1. The molecule has 0 radical (unpaired) electrons. The van der Waals surface area contributed by atoms with Gasteiger partial charge >= 0.3 is 0 Å². The van der Waals surface area contributed by atoms with Gasteiger partial charge in [0, 0.05) is 18.1 Å². The Bertz CT molecular complexity index is 608. The average molecular weight is 272 g/mol.